The topological polar surface area (TPSA) is 127 Å². The number of aryl methyl sites for hydroxylation is 1. The van der Waals surface area contributed by atoms with Gasteiger partial charge in [-0.2, -0.15) is 5.26 Å². The Hall–Kier alpha value is -2.86. The van der Waals surface area contributed by atoms with Gasteiger partial charge in [0.2, 0.25) is 11.8 Å². The molecule has 1 aromatic heterocycles. The van der Waals surface area contributed by atoms with Gasteiger partial charge in [0.25, 0.3) is 0 Å². The molecule has 0 spiro atoms. The molecule has 25 heavy (non-hydrogen) atoms. The van der Waals surface area contributed by atoms with Crippen molar-refractivity contribution in [2.24, 2.45) is 12.8 Å². The standard InChI is InChI=1S/C16H18N6O2S/c1-10(15(24)19-12-6-4-3-5-11(12)9-17)25-16-21-20-14(22(16)2)8-7-13(18)23/h3-6,10H,7-8H2,1-2H3,(H2,18,23)(H,19,24)/t10-/m1/s1. The van der Waals surface area contributed by atoms with Gasteiger partial charge in [0.15, 0.2) is 5.16 Å². The molecule has 0 bridgehead atoms. The maximum atomic E-state index is 12.4. The molecule has 1 atom stereocenters. The summed E-state index contributed by atoms with van der Waals surface area (Å²) >= 11 is 1.24. The first-order valence-electron chi connectivity index (χ1n) is 7.55. The van der Waals surface area contributed by atoms with Crippen LogP contribution in [0.25, 0.3) is 0 Å². The number of rotatable bonds is 7. The van der Waals surface area contributed by atoms with E-state index in [1.54, 1.807) is 42.8 Å². The van der Waals surface area contributed by atoms with Gasteiger partial charge in [0.05, 0.1) is 16.5 Å². The zero-order chi connectivity index (χ0) is 18.4. The molecule has 130 valence electrons. The van der Waals surface area contributed by atoms with Crippen LogP contribution in [0.3, 0.4) is 0 Å². The Morgan fingerprint density at radius 2 is 2.12 bits per heavy atom. The van der Waals surface area contributed by atoms with Crippen LogP contribution in [0.1, 0.15) is 24.7 Å². The van der Waals surface area contributed by atoms with Crippen LogP contribution >= 0.6 is 11.8 Å². The van der Waals surface area contributed by atoms with Gasteiger partial charge < -0.3 is 15.6 Å². The van der Waals surface area contributed by atoms with Crippen LogP contribution in [0.2, 0.25) is 0 Å². The number of nitrogens with zero attached hydrogens (tertiary/aromatic N) is 4. The molecule has 1 heterocycles. The Morgan fingerprint density at radius 1 is 1.40 bits per heavy atom. The number of nitrogens with two attached hydrogens (primary N) is 1. The van der Waals surface area contributed by atoms with Crippen LogP contribution in [0.15, 0.2) is 29.4 Å². The zero-order valence-corrected chi connectivity index (χ0v) is 14.7. The minimum absolute atomic E-state index is 0.192. The minimum Gasteiger partial charge on any atom is -0.370 e. The Kier molecular flexibility index (Phi) is 6.14. The number of aromatic nitrogens is 3. The van der Waals surface area contributed by atoms with E-state index in [4.69, 9.17) is 11.0 Å². The molecule has 0 fully saturated rings. The van der Waals surface area contributed by atoms with Crippen molar-refractivity contribution in [2.75, 3.05) is 5.32 Å². The molecule has 0 radical (unpaired) electrons. The molecular weight excluding hydrogens is 340 g/mol. The number of hydrogen-bond donors (Lipinski definition) is 2. The number of hydrogen-bond acceptors (Lipinski definition) is 6. The number of thioether (sulfide) groups is 1. The lowest BCUT2D eigenvalue weighted by molar-refractivity contribution is -0.118. The molecule has 0 aliphatic rings. The highest BCUT2D eigenvalue weighted by Gasteiger charge is 2.19. The Morgan fingerprint density at radius 3 is 2.80 bits per heavy atom. The first-order chi connectivity index (χ1) is 11.9. The maximum absolute atomic E-state index is 12.4. The van der Waals surface area contributed by atoms with Gasteiger partial charge in [-0.1, -0.05) is 23.9 Å². The van der Waals surface area contributed by atoms with Crippen molar-refractivity contribution >= 4 is 29.3 Å². The van der Waals surface area contributed by atoms with Crippen LogP contribution in [0.5, 0.6) is 0 Å². The highest BCUT2D eigenvalue weighted by Crippen LogP contribution is 2.23. The van der Waals surface area contributed by atoms with Gasteiger partial charge in [-0.15, -0.1) is 10.2 Å². The van der Waals surface area contributed by atoms with E-state index in [9.17, 15) is 9.59 Å². The molecule has 2 rings (SSSR count). The SMILES string of the molecule is C[C@@H](Sc1nnc(CCC(N)=O)n1C)C(=O)Nc1ccccc1C#N. The summed E-state index contributed by atoms with van der Waals surface area (Å²) in [4.78, 5) is 23.2. The van der Waals surface area contributed by atoms with Crippen LogP contribution in [0, 0.1) is 11.3 Å². The van der Waals surface area contributed by atoms with Gasteiger partial charge in [0, 0.05) is 19.9 Å². The molecule has 0 aliphatic heterocycles. The molecule has 8 nitrogen and oxygen atoms in total. The molecule has 3 N–H and O–H groups in total. The summed E-state index contributed by atoms with van der Waals surface area (Å²) in [5.74, 6) is -0.0146. The average Bonchev–Trinajstić information content (AvgIpc) is 2.93. The quantitative estimate of drug-likeness (QED) is 0.717. The summed E-state index contributed by atoms with van der Waals surface area (Å²) in [6.45, 7) is 1.74. The number of carbonyl (C=O) groups is 2. The van der Waals surface area contributed by atoms with Crippen LogP contribution in [-0.4, -0.2) is 31.8 Å². The monoisotopic (exact) mass is 358 g/mol. The first-order valence-corrected chi connectivity index (χ1v) is 8.43. The lowest BCUT2D eigenvalue weighted by Gasteiger charge is -2.12. The molecule has 1 aromatic carbocycles. The Bertz CT molecular complexity index is 826. The number of nitriles is 1. The molecule has 0 saturated carbocycles. The summed E-state index contributed by atoms with van der Waals surface area (Å²) in [6.07, 6.45) is 0.590. The van der Waals surface area contributed by atoms with Crippen molar-refractivity contribution in [3.63, 3.8) is 0 Å². The van der Waals surface area contributed by atoms with Crippen molar-refractivity contribution in [3.05, 3.63) is 35.7 Å². The van der Waals surface area contributed by atoms with E-state index in [0.717, 1.165) is 0 Å². The average molecular weight is 358 g/mol. The summed E-state index contributed by atoms with van der Waals surface area (Å²) in [7, 11) is 1.77. The smallest absolute Gasteiger partial charge is 0.237 e. The highest BCUT2D eigenvalue weighted by atomic mass is 32.2. The molecule has 0 unspecified atom stereocenters. The zero-order valence-electron chi connectivity index (χ0n) is 13.9. The molecular formula is C16H18N6O2S. The molecule has 2 aromatic rings. The fraction of sp³-hybridized carbons (Fsp3) is 0.312. The Balaban J connectivity index is 2.02. The van der Waals surface area contributed by atoms with E-state index in [1.807, 2.05) is 6.07 Å². The van der Waals surface area contributed by atoms with Crippen LogP contribution < -0.4 is 11.1 Å². The molecule has 0 saturated heterocycles. The van der Waals surface area contributed by atoms with Crippen molar-refractivity contribution in [2.45, 2.75) is 30.2 Å². The number of amides is 2. The van der Waals surface area contributed by atoms with Crippen molar-refractivity contribution < 1.29 is 9.59 Å². The van der Waals surface area contributed by atoms with Crippen LogP contribution in [-0.2, 0) is 23.1 Å². The maximum Gasteiger partial charge on any atom is 0.237 e. The lowest BCUT2D eigenvalue weighted by atomic mass is 10.2. The Labute approximate surface area is 149 Å². The van der Waals surface area contributed by atoms with Crippen molar-refractivity contribution in [3.8, 4) is 6.07 Å². The number of anilines is 1. The number of carbonyl (C=O) groups excluding carboxylic acids is 2. The van der Waals surface area contributed by atoms with Gasteiger partial charge in [0.1, 0.15) is 11.9 Å². The van der Waals surface area contributed by atoms with Crippen LogP contribution in [0.4, 0.5) is 5.69 Å². The second kappa shape index (κ2) is 8.30. The number of nitrogens with one attached hydrogen (secondary N) is 1. The number of benzene rings is 1. The fourth-order valence-electron chi connectivity index (χ4n) is 2.04. The van der Waals surface area contributed by atoms with Crippen molar-refractivity contribution in [1.29, 1.82) is 5.26 Å². The van der Waals surface area contributed by atoms with Crippen molar-refractivity contribution in [1.82, 2.24) is 14.8 Å². The molecule has 0 aliphatic carbocycles. The predicted molar refractivity (Wildman–Crippen MR) is 93.6 cm³/mol. The molecule has 9 heteroatoms. The van der Waals surface area contributed by atoms with E-state index < -0.39 is 11.2 Å². The van der Waals surface area contributed by atoms with Gasteiger partial charge in [-0.05, 0) is 19.1 Å². The van der Waals surface area contributed by atoms with E-state index in [1.165, 1.54) is 11.8 Å². The molecule has 2 amide bonds. The number of primary amides is 1. The third-order valence-electron chi connectivity index (χ3n) is 3.48. The first kappa shape index (κ1) is 18.5. The van der Waals surface area contributed by atoms with Gasteiger partial charge >= 0.3 is 0 Å². The normalized spacial score (nSPS) is 11.6. The summed E-state index contributed by atoms with van der Waals surface area (Å²) in [5.41, 5.74) is 6.01. The second-order valence-electron chi connectivity index (χ2n) is 5.33. The predicted octanol–water partition coefficient (Wildman–Crippen LogP) is 1.22. The third kappa shape index (κ3) is 4.81. The third-order valence-corrected chi connectivity index (χ3v) is 4.61. The van der Waals surface area contributed by atoms with E-state index >= 15 is 0 Å². The minimum atomic E-state index is -0.446. The largest absolute Gasteiger partial charge is 0.370 e. The van der Waals surface area contributed by atoms with E-state index in [2.05, 4.69) is 15.5 Å². The lowest BCUT2D eigenvalue weighted by Crippen LogP contribution is -2.23. The summed E-state index contributed by atoms with van der Waals surface area (Å²) in [6, 6.07) is 8.85. The van der Waals surface area contributed by atoms with Gasteiger partial charge in [-0.25, -0.2) is 0 Å². The number of para-hydroxylation sites is 1. The summed E-state index contributed by atoms with van der Waals surface area (Å²) < 4.78 is 1.74. The van der Waals surface area contributed by atoms with E-state index in [-0.39, 0.29) is 12.3 Å². The fourth-order valence-corrected chi connectivity index (χ4v) is 2.87. The highest BCUT2D eigenvalue weighted by molar-refractivity contribution is 8.00. The second-order valence-corrected chi connectivity index (χ2v) is 6.64. The van der Waals surface area contributed by atoms with E-state index in [0.29, 0.717) is 28.7 Å². The summed E-state index contributed by atoms with van der Waals surface area (Å²) in [5, 5.41) is 20.0. The van der Waals surface area contributed by atoms with Gasteiger partial charge in [-0.3, -0.25) is 9.59 Å².